The van der Waals surface area contributed by atoms with Crippen LogP contribution in [0, 0.1) is 18.8 Å². The predicted octanol–water partition coefficient (Wildman–Crippen LogP) is 2.32. The number of hydrogen-bond acceptors (Lipinski definition) is 4. The molecule has 2 heterocycles. The van der Waals surface area contributed by atoms with Crippen molar-refractivity contribution in [3.05, 3.63) is 11.6 Å². The van der Waals surface area contributed by atoms with Crippen LogP contribution < -0.4 is 5.32 Å². The minimum atomic E-state index is 0.582. The van der Waals surface area contributed by atoms with Crippen LogP contribution in [0.1, 0.15) is 63.0 Å². The van der Waals surface area contributed by atoms with Crippen LogP contribution in [0.2, 0.25) is 0 Å². The Balaban J connectivity index is 1.24. The first-order valence-corrected chi connectivity index (χ1v) is 11.8. The van der Waals surface area contributed by atoms with Gasteiger partial charge in [-0.3, -0.25) is 4.90 Å². The summed E-state index contributed by atoms with van der Waals surface area (Å²) < 4.78 is 2.05. The largest absolute Gasteiger partial charge is 0.353 e. The fourth-order valence-electron chi connectivity index (χ4n) is 6.15. The van der Waals surface area contributed by atoms with E-state index >= 15 is 0 Å². The molecule has 3 unspecified atom stereocenters. The van der Waals surface area contributed by atoms with Gasteiger partial charge in [-0.1, -0.05) is 19.3 Å². The van der Waals surface area contributed by atoms with Crippen LogP contribution in [-0.2, 0) is 13.6 Å². The molecule has 1 N–H and O–H groups in total. The van der Waals surface area contributed by atoms with Gasteiger partial charge in [-0.2, -0.15) is 0 Å². The summed E-state index contributed by atoms with van der Waals surface area (Å²) in [6.45, 7) is 7.13. The molecule has 29 heavy (non-hydrogen) atoms. The van der Waals surface area contributed by atoms with Gasteiger partial charge in [0.05, 0.1) is 0 Å². The zero-order chi connectivity index (χ0) is 19.8. The summed E-state index contributed by atoms with van der Waals surface area (Å²) in [6, 6.07) is 1.44. The zero-order valence-corrected chi connectivity index (χ0v) is 18.2. The van der Waals surface area contributed by atoms with Gasteiger partial charge >= 0.3 is 0 Å². The highest BCUT2D eigenvalue weighted by Gasteiger charge is 2.42. The van der Waals surface area contributed by atoms with Crippen LogP contribution in [-0.4, -0.2) is 68.8 Å². The van der Waals surface area contributed by atoms with Crippen LogP contribution in [0.25, 0.3) is 0 Å². The van der Waals surface area contributed by atoms with E-state index in [0.29, 0.717) is 12.6 Å². The monoisotopic (exact) mass is 399 g/mol. The molecule has 1 aromatic heterocycles. The summed E-state index contributed by atoms with van der Waals surface area (Å²) in [5.74, 6) is 4.98. The molecule has 0 spiro atoms. The molecule has 5 rings (SSSR count). The molecule has 1 aromatic rings. The highest BCUT2D eigenvalue weighted by atomic mass is 15.4. The van der Waals surface area contributed by atoms with Crippen molar-refractivity contribution in [2.45, 2.75) is 76.9 Å². The fraction of sp³-hybridized carbons (Fsp3) is 0.864. The number of aromatic nitrogens is 3. The average Bonchev–Trinajstić information content (AvgIpc) is 3.54. The van der Waals surface area contributed by atoms with E-state index in [-0.39, 0.29) is 0 Å². The van der Waals surface area contributed by atoms with Crippen LogP contribution in [0.4, 0.5) is 0 Å². The molecule has 1 aliphatic heterocycles. The lowest BCUT2D eigenvalue weighted by molar-refractivity contribution is 0.0955. The molecule has 1 saturated heterocycles. The van der Waals surface area contributed by atoms with E-state index in [1.54, 1.807) is 0 Å². The molecule has 0 aromatic carbocycles. The van der Waals surface area contributed by atoms with Crippen molar-refractivity contribution in [1.29, 1.82) is 0 Å². The van der Waals surface area contributed by atoms with Gasteiger partial charge in [0, 0.05) is 45.3 Å². The van der Waals surface area contributed by atoms with Crippen molar-refractivity contribution >= 4 is 5.96 Å². The van der Waals surface area contributed by atoms with Crippen LogP contribution in [0.3, 0.4) is 0 Å². The van der Waals surface area contributed by atoms with E-state index in [4.69, 9.17) is 4.99 Å². The smallest absolute Gasteiger partial charge is 0.194 e. The molecule has 4 aliphatic rings. The van der Waals surface area contributed by atoms with Gasteiger partial charge in [-0.15, -0.1) is 10.2 Å². The van der Waals surface area contributed by atoms with E-state index < -0.39 is 0 Å². The maximum absolute atomic E-state index is 5.01. The second kappa shape index (κ2) is 8.25. The van der Waals surface area contributed by atoms with Gasteiger partial charge in [0.1, 0.15) is 12.4 Å². The summed E-state index contributed by atoms with van der Waals surface area (Å²) in [7, 11) is 2.03. The zero-order valence-electron chi connectivity index (χ0n) is 18.2. The Kier molecular flexibility index (Phi) is 5.50. The van der Waals surface area contributed by atoms with Gasteiger partial charge in [-0.05, 0) is 50.9 Å². The van der Waals surface area contributed by atoms with Crippen molar-refractivity contribution in [2.24, 2.45) is 23.9 Å². The summed E-state index contributed by atoms with van der Waals surface area (Å²) in [5, 5.41) is 12.3. The molecule has 3 atom stereocenters. The third kappa shape index (κ3) is 4.03. The van der Waals surface area contributed by atoms with Gasteiger partial charge in [0.2, 0.25) is 0 Å². The Morgan fingerprint density at radius 3 is 2.45 bits per heavy atom. The Hall–Kier alpha value is -1.63. The van der Waals surface area contributed by atoms with Gasteiger partial charge in [0.15, 0.2) is 11.8 Å². The first kappa shape index (κ1) is 19.3. The molecule has 0 amide bonds. The third-order valence-corrected chi connectivity index (χ3v) is 8.02. The Bertz CT molecular complexity index is 728. The number of rotatable bonds is 4. The molecule has 2 bridgehead atoms. The van der Waals surface area contributed by atoms with E-state index in [0.717, 1.165) is 48.6 Å². The first-order chi connectivity index (χ1) is 14.2. The quantitative estimate of drug-likeness (QED) is 0.622. The first-order valence-electron chi connectivity index (χ1n) is 11.8. The second-order valence-corrected chi connectivity index (χ2v) is 9.75. The predicted molar refractivity (Wildman–Crippen MR) is 115 cm³/mol. The average molecular weight is 400 g/mol. The van der Waals surface area contributed by atoms with Crippen LogP contribution in [0.15, 0.2) is 4.99 Å². The Morgan fingerprint density at radius 1 is 1.03 bits per heavy atom. The van der Waals surface area contributed by atoms with Crippen LogP contribution >= 0.6 is 0 Å². The second-order valence-electron chi connectivity index (χ2n) is 9.75. The lowest BCUT2D eigenvalue weighted by atomic mass is 9.93. The molecule has 7 heteroatoms. The summed E-state index contributed by atoms with van der Waals surface area (Å²) in [5.41, 5.74) is 0. The van der Waals surface area contributed by atoms with E-state index in [2.05, 4.69) is 25.3 Å². The van der Waals surface area contributed by atoms with Gasteiger partial charge in [-0.25, -0.2) is 4.99 Å². The maximum Gasteiger partial charge on any atom is 0.194 e. The van der Waals surface area contributed by atoms with E-state index in [1.165, 1.54) is 64.5 Å². The summed E-state index contributed by atoms with van der Waals surface area (Å²) >= 11 is 0. The number of fused-ring (bicyclic) bond motifs is 2. The fourth-order valence-corrected chi connectivity index (χ4v) is 6.15. The van der Waals surface area contributed by atoms with Gasteiger partial charge < -0.3 is 14.8 Å². The number of nitrogens with one attached hydrogen (secondary N) is 1. The number of aryl methyl sites for hydroxylation is 1. The standard InChI is InChI=1S/C22H37N7/c1-16-25-26-21(27(16)2)15-23-22(24-19-5-3-4-6-19)29-11-9-28(10-12-29)20-14-17-7-8-18(20)13-17/h17-20H,3-15H2,1-2H3,(H,23,24). The summed E-state index contributed by atoms with van der Waals surface area (Å²) in [4.78, 5) is 10.3. The number of nitrogens with zero attached hydrogens (tertiary/aromatic N) is 6. The SMILES string of the molecule is Cc1nnc(CN=C(NC2CCCC2)N2CCN(C3CC4CCC3C4)CC2)n1C. The lowest BCUT2D eigenvalue weighted by Crippen LogP contribution is -2.56. The molecular weight excluding hydrogens is 362 g/mol. The van der Waals surface area contributed by atoms with E-state index in [9.17, 15) is 0 Å². The molecule has 0 radical (unpaired) electrons. The lowest BCUT2D eigenvalue weighted by Gasteiger charge is -2.42. The minimum absolute atomic E-state index is 0.582. The molecule has 4 fully saturated rings. The normalized spacial score (nSPS) is 31.2. The number of guanidine groups is 1. The molecule has 160 valence electrons. The van der Waals surface area contributed by atoms with Gasteiger partial charge in [0.25, 0.3) is 0 Å². The highest BCUT2D eigenvalue weighted by Crippen LogP contribution is 2.46. The van der Waals surface area contributed by atoms with Crippen molar-refractivity contribution in [2.75, 3.05) is 26.2 Å². The topological polar surface area (TPSA) is 61.6 Å². The maximum atomic E-state index is 5.01. The minimum Gasteiger partial charge on any atom is -0.353 e. The van der Waals surface area contributed by atoms with Crippen molar-refractivity contribution < 1.29 is 0 Å². The van der Waals surface area contributed by atoms with Crippen molar-refractivity contribution in [3.63, 3.8) is 0 Å². The number of piperazine rings is 1. The number of aliphatic imine (C=N–C) groups is 1. The van der Waals surface area contributed by atoms with Crippen LogP contribution in [0.5, 0.6) is 0 Å². The highest BCUT2D eigenvalue weighted by molar-refractivity contribution is 5.80. The number of hydrogen-bond donors (Lipinski definition) is 1. The van der Waals surface area contributed by atoms with E-state index in [1.807, 2.05) is 18.5 Å². The Labute approximate surface area is 174 Å². The molecule has 7 nitrogen and oxygen atoms in total. The van der Waals surface area contributed by atoms with Crippen molar-refractivity contribution in [1.82, 2.24) is 29.9 Å². The molecule has 3 aliphatic carbocycles. The Morgan fingerprint density at radius 2 is 1.83 bits per heavy atom. The summed E-state index contributed by atoms with van der Waals surface area (Å²) in [6.07, 6.45) is 11.1. The molecule has 3 saturated carbocycles. The van der Waals surface area contributed by atoms with Crippen molar-refractivity contribution in [3.8, 4) is 0 Å². The third-order valence-electron chi connectivity index (χ3n) is 8.02. The molecular formula is C22H37N7.